The van der Waals surface area contributed by atoms with Gasteiger partial charge in [0.25, 0.3) is 0 Å². The average Bonchev–Trinajstić information content (AvgIpc) is 2.46. The van der Waals surface area contributed by atoms with Crippen LogP contribution in [-0.2, 0) is 13.2 Å². The van der Waals surface area contributed by atoms with E-state index in [1.54, 1.807) is 6.07 Å². The van der Waals surface area contributed by atoms with Crippen molar-refractivity contribution in [1.82, 2.24) is 0 Å². The molecule has 0 aliphatic rings. The first-order valence-electron chi connectivity index (χ1n) is 6.80. The first kappa shape index (κ1) is 14.5. The highest BCUT2D eigenvalue weighted by Gasteiger charge is 2.05. The van der Waals surface area contributed by atoms with E-state index in [0.29, 0.717) is 18.0 Å². The van der Waals surface area contributed by atoms with Crippen molar-refractivity contribution in [1.29, 1.82) is 0 Å². The third-order valence-corrected chi connectivity index (χ3v) is 3.27. The Morgan fingerprint density at radius 2 is 1.95 bits per heavy atom. The molecule has 0 bridgehead atoms. The first-order chi connectivity index (χ1) is 9.60. The van der Waals surface area contributed by atoms with Gasteiger partial charge in [-0.3, -0.25) is 0 Å². The van der Waals surface area contributed by atoms with Crippen molar-refractivity contribution in [3.63, 3.8) is 0 Å². The van der Waals surface area contributed by atoms with E-state index >= 15 is 0 Å². The van der Waals surface area contributed by atoms with E-state index in [-0.39, 0.29) is 12.4 Å². The number of benzene rings is 2. The van der Waals surface area contributed by atoms with Crippen LogP contribution in [0.4, 0.5) is 4.39 Å². The number of ether oxygens (including phenoxy) is 1. The van der Waals surface area contributed by atoms with E-state index in [2.05, 4.69) is 19.9 Å². The molecule has 0 atom stereocenters. The van der Waals surface area contributed by atoms with E-state index in [9.17, 15) is 4.39 Å². The number of halogens is 1. The van der Waals surface area contributed by atoms with E-state index in [0.717, 1.165) is 11.3 Å². The number of rotatable bonds is 5. The van der Waals surface area contributed by atoms with Crippen molar-refractivity contribution < 1.29 is 9.13 Å². The summed E-state index contributed by atoms with van der Waals surface area (Å²) < 4.78 is 19.5. The van der Waals surface area contributed by atoms with Crippen LogP contribution in [0, 0.1) is 5.82 Å². The molecule has 0 aromatic heterocycles. The third-order valence-electron chi connectivity index (χ3n) is 3.27. The number of nitrogens with two attached hydrogens (primary N) is 1. The van der Waals surface area contributed by atoms with E-state index < -0.39 is 0 Å². The van der Waals surface area contributed by atoms with Crippen LogP contribution in [0.3, 0.4) is 0 Å². The summed E-state index contributed by atoms with van der Waals surface area (Å²) in [6.45, 7) is 4.82. The van der Waals surface area contributed by atoms with Crippen molar-refractivity contribution in [2.24, 2.45) is 5.73 Å². The van der Waals surface area contributed by atoms with Gasteiger partial charge in [-0.2, -0.15) is 0 Å². The molecule has 0 saturated carbocycles. The summed E-state index contributed by atoms with van der Waals surface area (Å²) in [7, 11) is 0. The van der Waals surface area contributed by atoms with Crippen LogP contribution >= 0.6 is 0 Å². The third kappa shape index (κ3) is 3.58. The molecule has 0 spiro atoms. The topological polar surface area (TPSA) is 35.2 Å². The van der Waals surface area contributed by atoms with Crippen LogP contribution in [0.25, 0.3) is 0 Å². The second kappa shape index (κ2) is 6.53. The Morgan fingerprint density at radius 1 is 1.15 bits per heavy atom. The molecule has 2 nitrogen and oxygen atoms in total. The Morgan fingerprint density at radius 3 is 2.60 bits per heavy atom. The summed E-state index contributed by atoms with van der Waals surface area (Å²) in [5, 5.41) is 0. The van der Waals surface area contributed by atoms with Gasteiger partial charge >= 0.3 is 0 Å². The molecule has 2 rings (SSSR count). The monoisotopic (exact) mass is 273 g/mol. The Kier molecular flexibility index (Phi) is 4.74. The second-order valence-corrected chi connectivity index (χ2v) is 5.15. The van der Waals surface area contributed by atoms with Gasteiger partial charge < -0.3 is 10.5 Å². The van der Waals surface area contributed by atoms with Gasteiger partial charge in [-0.25, -0.2) is 4.39 Å². The predicted octanol–water partition coefficient (Wildman–Crippen LogP) is 3.99. The summed E-state index contributed by atoms with van der Waals surface area (Å²) in [6.07, 6.45) is 0. The summed E-state index contributed by atoms with van der Waals surface area (Å²) >= 11 is 0. The Bertz CT molecular complexity index is 581. The quantitative estimate of drug-likeness (QED) is 0.894. The minimum absolute atomic E-state index is 0.220. The number of hydrogen-bond acceptors (Lipinski definition) is 2. The van der Waals surface area contributed by atoms with Gasteiger partial charge in [0.1, 0.15) is 18.2 Å². The van der Waals surface area contributed by atoms with E-state index in [1.165, 1.54) is 11.6 Å². The van der Waals surface area contributed by atoms with Crippen LogP contribution in [0.15, 0.2) is 42.5 Å². The van der Waals surface area contributed by atoms with Crippen LogP contribution in [-0.4, -0.2) is 0 Å². The molecule has 2 aromatic carbocycles. The van der Waals surface area contributed by atoms with Crippen LogP contribution in [0.2, 0.25) is 0 Å². The van der Waals surface area contributed by atoms with Crippen molar-refractivity contribution in [2.45, 2.75) is 32.9 Å². The van der Waals surface area contributed by atoms with Crippen molar-refractivity contribution in [3.05, 3.63) is 65.0 Å². The Hall–Kier alpha value is -1.87. The fourth-order valence-corrected chi connectivity index (χ4v) is 1.96. The fraction of sp³-hybridized carbons (Fsp3) is 0.294. The maximum absolute atomic E-state index is 13.8. The minimum atomic E-state index is -0.270. The zero-order chi connectivity index (χ0) is 14.5. The molecule has 0 aliphatic carbocycles. The molecule has 0 saturated heterocycles. The molecule has 0 aliphatic heterocycles. The predicted molar refractivity (Wildman–Crippen MR) is 79.2 cm³/mol. The normalized spacial score (nSPS) is 10.8. The molecule has 0 unspecified atom stereocenters. The largest absolute Gasteiger partial charge is 0.489 e. The maximum atomic E-state index is 13.8. The SMILES string of the molecule is CC(C)c1cccc(OCc2ccc(CN)cc2F)c1. The average molecular weight is 273 g/mol. The van der Waals surface area contributed by atoms with E-state index in [1.807, 2.05) is 24.3 Å². The van der Waals surface area contributed by atoms with Gasteiger partial charge in [0.15, 0.2) is 0 Å². The molecule has 0 amide bonds. The van der Waals surface area contributed by atoms with E-state index in [4.69, 9.17) is 10.5 Å². The standard InChI is InChI=1S/C17H20FNO/c1-12(2)14-4-3-5-16(9-14)20-11-15-7-6-13(10-19)8-17(15)18/h3-9,12H,10-11,19H2,1-2H3. The lowest BCUT2D eigenvalue weighted by Gasteiger charge is -2.11. The van der Waals surface area contributed by atoms with Crippen LogP contribution < -0.4 is 10.5 Å². The molecule has 0 heterocycles. The summed E-state index contributed by atoms with van der Waals surface area (Å²) in [5.41, 5.74) is 8.01. The molecule has 2 aromatic rings. The molecule has 2 N–H and O–H groups in total. The highest BCUT2D eigenvalue weighted by atomic mass is 19.1. The van der Waals surface area contributed by atoms with Gasteiger partial charge in [0, 0.05) is 12.1 Å². The second-order valence-electron chi connectivity index (χ2n) is 5.15. The van der Waals surface area contributed by atoms with Gasteiger partial charge in [-0.15, -0.1) is 0 Å². The molecule has 0 radical (unpaired) electrons. The molecule has 106 valence electrons. The van der Waals surface area contributed by atoms with Gasteiger partial charge in [0.2, 0.25) is 0 Å². The lowest BCUT2D eigenvalue weighted by molar-refractivity contribution is 0.299. The lowest BCUT2D eigenvalue weighted by Crippen LogP contribution is -2.02. The van der Waals surface area contributed by atoms with Gasteiger partial charge in [0.05, 0.1) is 0 Å². The fourth-order valence-electron chi connectivity index (χ4n) is 1.96. The van der Waals surface area contributed by atoms with Crippen LogP contribution in [0.1, 0.15) is 36.5 Å². The first-order valence-corrected chi connectivity index (χ1v) is 6.80. The molecular formula is C17H20FNO. The molecule has 20 heavy (non-hydrogen) atoms. The smallest absolute Gasteiger partial charge is 0.130 e. The summed E-state index contributed by atoms with van der Waals surface area (Å²) in [6, 6.07) is 12.9. The minimum Gasteiger partial charge on any atom is -0.489 e. The van der Waals surface area contributed by atoms with Crippen LogP contribution in [0.5, 0.6) is 5.75 Å². The zero-order valence-corrected chi connectivity index (χ0v) is 11.9. The zero-order valence-electron chi connectivity index (χ0n) is 11.9. The van der Waals surface area contributed by atoms with Crippen molar-refractivity contribution >= 4 is 0 Å². The molecule has 3 heteroatoms. The van der Waals surface area contributed by atoms with Gasteiger partial charge in [-0.1, -0.05) is 38.1 Å². The Labute approximate surface area is 119 Å². The maximum Gasteiger partial charge on any atom is 0.130 e. The Balaban J connectivity index is 2.07. The summed E-state index contributed by atoms with van der Waals surface area (Å²) in [5.74, 6) is 0.936. The molecular weight excluding hydrogens is 253 g/mol. The van der Waals surface area contributed by atoms with Crippen molar-refractivity contribution in [3.8, 4) is 5.75 Å². The van der Waals surface area contributed by atoms with Gasteiger partial charge in [-0.05, 0) is 35.2 Å². The lowest BCUT2D eigenvalue weighted by atomic mass is 10.0. The summed E-state index contributed by atoms with van der Waals surface area (Å²) in [4.78, 5) is 0. The highest BCUT2D eigenvalue weighted by molar-refractivity contribution is 5.31. The molecule has 0 fully saturated rings. The number of hydrogen-bond donors (Lipinski definition) is 1. The van der Waals surface area contributed by atoms with Crippen molar-refractivity contribution in [2.75, 3.05) is 0 Å². The highest BCUT2D eigenvalue weighted by Crippen LogP contribution is 2.21.